The second kappa shape index (κ2) is 5.68. The van der Waals surface area contributed by atoms with E-state index < -0.39 is 0 Å². The summed E-state index contributed by atoms with van der Waals surface area (Å²) in [6.45, 7) is 2.37. The van der Waals surface area contributed by atoms with E-state index in [1.165, 1.54) is 0 Å². The van der Waals surface area contributed by atoms with E-state index in [0.717, 1.165) is 16.8 Å². The van der Waals surface area contributed by atoms with Gasteiger partial charge in [0.05, 0.1) is 13.2 Å². The van der Waals surface area contributed by atoms with E-state index in [9.17, 15) is 4.79 Å². The fourth-order valence-electron chi connectivity index (χ4n) is 1.67. The lowest BCUT2D eigenvalue weighted by Crippen LogP contribution is -2.34. The van der Waals surface area contributed by atoms with Crippen LogP contribution >= 0.6 is 0 Å². The molecule has 1 aromatic rings. The first-order chi connectivity index (χ1) is 7.95. The zero-order valence-corrected chi connectivity index (χ0v) is 10.9. The zero-order chi connectivity index (χ0) is 13.0. The summed E-state index contributed by atoms with van der Waals surface area (Å²) < 4.78 is 0. The number of likely N-dealkylation sites (N-methyl/N-ethyl adjacent to an activating group) is 2. The highest BCUT2D eigenvalue weighted by Gasteiger charge is 2.11. The van der Waals surface area contributed by atoms with E-state index in [2.05, 4.69) is 0 Å². The van der Waals surface area contributed by atoms with Crippen LogP contribution in [0.25, 0.3) is 0 Å². The van der Waals surface area contributed by atoms with Crippen molar-refractivity contribution in [1.82, 2.24) is 4.90 Å². The van der Waals surface area contributed by atoms with Gasteiger partial charge in [0.1, 0.15) is 0 Å². The normalized spacial score (nSPS) is 10.2. The summed E-state index contributed by atoms with van der Waals surface area (Å²) in [6, 6.07) is 5.74. The molecule has 1 N–H and O–H groups in total. The van der Waals surface area contributed by atoms with Crippen molar-refractivity contribution in [2.24, 2.45) is 0 Å². The number of nitrogens with zero attached hydrogens (tertiary/aromatic N) is 2. The molecule has 0 spiro atoms. The third-order valence-corrected chi connectivity index (χ3v) is 2.73. The lowest BCUT2D eigenvalue weighted by molar-refractivity contribution is -0.127. The number of carbonyl (C=O) groups is 1. The highest BCUT2D eigenvalue weighted by molar-refractivity contribution is 5.81. The van der Waals surface area contributed by atoms with Gasteiger partial charge in [-0.05, 0) is 24.1 Å². The molecule has 0 saturated heterocycles. The van der Waals surface area contributed by atoms with Gasteiger partial charge in [-0.15, -0.1) is 0 Å². The number of amides is 1. The van der Waals surface area contributed by atoms with Crippen LogP contribution in [0.2, 0.25) is 0 Å². The number of aliphatic hydroxyl groups excluding tert-OH is 1. The fourth-order valence-corrected chi connectivity index (χ4v) is 1.67. The molecule has 0 heterocycles. The average Bonchev–Trinajstić information content (AvgIpc) is 2.28. The SMILES string of the molecule is Cc1cc(CO)ccc1N(C)CC(=O)N(C)C. The molecule has 1 aromatic carbocycles. The van der Waals surface area contributed by atoms with Crippen LogP contribution in [0.5, 0.6) is 0 Å². The van der Waals surface area contributed by atoms with Crippen LogP contribution in [0, 0.1) is 6.92 Å². The van der Waals surface area contributed by atoms with Crippen molar-refractivity contribution in [3.8, 4) is 0 Å². The molecular weight excluding hydrogens is 216 g/mol. The smallest absolute Gasteiger partial charge is 0.241 e. The molecule has 4 nitrogen and oxygen atoms in total. The van der Waals surface area contributed by atoms with E-state index >= 15 is 0 Å². The lowest BCUT2D eigenvalue weighted by Gasteiger charge is -2.23. The van der Waals surface area contributed by atoms with Gasteiger partial charge in [-0.25, -0.2) is 0 Å². The molecule has 1 rings (SSSR count). The number of aryl methyl sites for hydroxylation is 1. The Morgan fingerprint density at radius 3 is 2.41 bits per heavy atom. The number of anilines is 1. The van der Waals surface area contributed by atoms with Crippen LogP contribution in [-0.2, 0) is 11.4 Å². The Morgan fingerprint density at radius 1 is 1.29 bits per heavy atom. The Balaban J connectivity index is 2.82. The van der Waals surface area contributed by atoms with Crippen molar-refractivity contribution in [3.05, 3.63) is 29.3 Å². The van der Waals surface area contributed by atoms with Crippen molar-refractivity contribution in [2.45, 2.75) is 13.5 Å². The maximum absolute atomic E-state index is 11.6. The molecule has 0 bridgehead atoms. The highest BCUT2D eigenvalue weighted by Crippen LogP contribution is 2.20. The predicted octanol–water partition coefficient (Wildman–Crippen LogP) is 1.01. The molecule has 1 amide bonds. The minimum Gasteiger partial charge on any atom is -0.392 e. The first-order valence-corrected chi connectivity index (χ1v) is 5.57. The van der Waals surface area contributed by atoms with Gasteiger partial charge in [-0.2, -0.15) is 0 Å². The quantitative estimate of drug-likeness (QED) is 0.848. The molecule has 0 aromatic heterocycles. The van der Waals surface area contributed by atoms with E-state index in [1.54, 1.807) is 19.0 Å². The van der Waals surface area contributed by atoms with Crippen LogP contribution in [0.4, 0.5) is 5.69 Å². The molecule has 0 saturated carbocycles. The minimum absolute atomic E-state index is 0.0431. The monoisotopic (exact) mass is 236 g/mol. The molecule has 0 unspecified atom stereocenters. The maximum atomic E-state index is 11.6. The van der Waals surface area contributed by atoms with Gasteiger partial charge in [-0.1, -0.05) is 12.1 Å². The molecule has 4 heteroatoms. The van der Waals surface area contributed by atoms with Crippen molar-refractivity contribution in [1.29, 1.82) is 0 Å². The number of benzene rings is 1. The third kappa shape index (κ3) is 3.46. The summed E-state index contributed by atoms with van der Waals surface area (Å²) >= 11 is 0. The van der Waals surface area contributed by atoms with E-state index in [-0.39, 0.29) is 12.5 Å². The van der Waals surface area contributed by atoms with Gasteiger partial charge in [0, 0.05) is 26.8 Å². The van der Waals surface area contributed by atoms with Crippen LogP contribution in [0.3, 0.4) is 0 Å². The summed E-state index contributed by atoms with van der Waals surface area (Å²) in [6.07, 6.45) is 0. The summed E-state index contributed by atoms with van der Waals surface area (Å²) in [5.41, 5.74) is 2.96. The molecule has 0 atom stereocenters. The zero-order valence-electron chi connectivity index (χ0n) is 10.9. The Bertz CT molecular complexity index is 402. The molecule has 0 radical (unpaired) electrons. The van der Waals surface area contributed by atoms with Crippen LogP contribution in [0.15, 0.2) is 18.2 Å². The first-order valence-electron chi connectivity index (χ1n) is 5.57. The molecule has 0 aliphatic carbocycles. The minimum atomic E-state index is 0.0431. The van der Waals surface area contributed by atoms with Gasteiger partial charge >= 0.3 is 0 Å². The van der Waals surface area contributed by atoms with Gasteiger partial charge in [0.25, 0.3) is 0 Å². The average molecular weight is 236 g/mol. The van der Waals surface area contributed by atoms with Crippen molar-refractivity contribution < 1.29 is 9.90 Å². The van der Waals surface area contributed by atoms with Crippen LogP contribution < -0.4 is 4.90 Å². The van der Waals surface area contributed by atoms with Gasteiger partial charge in [-0.3, -0.25) is 4.79 Å². The van der Waals surface area contributed by atoms with E-state index in [0.29, 0.717) is 6.54 Å². The number of hydrogen-bond donors (Lipinski definition) is 1. The van der Waals surface area contributed by atoms with Crippen molar-refractivity contribution in [3.63, 3.8) is 0 Å². The van der Waals surface area contributed by atoms with Gasteiger partial charge in [0.2, 0.25) is 5.91 Å². The predicted molar refractivity (Wildman–Crippen MR) is 69.1 cm³/mol. The Hall–Kier alpha value is -1.55. The Kier molecular flexibility index (Phi) is 4.52. The largest absolute Gasteiger partial charge is 0.392 e. The van der Waals surface area contributed by atoms with E-state index in [4.69, 9.17) is 5.11 Å². The number of carbonyl (C=O) groups excluding carboxylic acids is 1. The fraction of sp³-hybridized carbons (Fsp3) is 0.462. The Labute approximate surface area is 102 Å². The van der Waals surface area contributed by atoms with Gasteiger partial charge < -0.3 is 14.9 Å². The molecular formula is C13H20N2O2. The second-order valence-corrected chi connectivity index (χ2v) is 4.42. The molecule has 94 valence electrons. The van der Waals surface area contributed by atoms with Crippen molar-refractivity contribution >= 4 is 11.6 Å². The van der Waals surface area contributed by atoms with Crippen LogP contribution in [-0.4, -0.2) is 43.6 Å². The first kappa shape index (κ1) is 13.5. The molecule has 0 aliphatic rings. The van der Waals surface area contributed by atoms with E-state index in [1.807, 2.05) is 37.1 Å². The number of aliphatic hydroxyl groups is 1. The standard InChI is InChI=1S/C13H20N2O2/c1-10-7-11(9-16)5-6-12(10)15(4)8-13(17)14(2)3/h5-7,16H,8-9H2,1-4H3. The molecule has 0 fully saturated rings. The van der Waals surface area contributed by atoms with Crippen molar-refractivity contribution in [2.75, 3.05) is 32.6 Å². The summed E-state index contributed by atoms with van der Waals surface area (Å²) in [4.78, 5) is 15.1. The maximum Gasteiger partial charge on any atom is 0.241 e. The second-order valence-electron chi connectivity index (χ2n) is 4.42. The number of rotatable bonds is 4. The summed E-state index contributed by atoms with van der Waals surface area (Å²) in [5.74, 6) is 0.0677. The third-order valence-electron chi connectivity index (χ3n) is 2.73. The lowest BCUT2D eigenvalue weighted by atomic mass is 10.1. The molecule has 17 heavy (non-hydrogen) atoms. The summed E-state index contributed by atoms with van der Waals surface area (Å²) in [7, 11) is 5.39. The highest BCUT2D eigenvalue weighted by atomic mass is 16.3. The number of hydrogen-bond acceptors (Lipinski definition) is 3. The topological polar surface area (TPSA) is 43.8 Å². The summed E-state index contributed by atoms with van der Waals surface area (Å²) in [5, 5.41) is 9.04. The van der Waals surface area contributed by atoms with Gasteiger partial charge in [0.15, 0.2) is 0 Å². The Morgan fingerprint density at radius 2 is 1.94 bits per heavy atom. The van der Waals surface area contributed by atoms with Crippen LogP contribution in [0.1, 0.15) is 11.1 Å². The molecule has 0 aliphatic heterocycles.